The van der Waals surface area contributed by atoms with Crippen molar-refractivity contribution in [2.45, 2.75) is 25.3 Å². The molecule has 12 heavy (non-hydrogen) atoms. The first-order valence-corrected chi connectivity index (χ1v) is 5.24. The average Bonchev–Trinajstić information content (AvgIpc) is 2.50. The average molecular weight is 182 g/mol. The molecule has 1 saturated carbocycles. The Balaban J connectivity index is 2.20. The molecule has 0 aliphatic heterocycles. The lowest BCUT2D eigenvalue weighted by Gasteiger charge is -2.44. The van der Waals surface area contributed by atoms with Gasteiger partial charge in [0.15, 0.2) is 0 Å². The van der Waals surface area contributed by atoms with Crippen LogP contribution in [0.5, 0.6) is 0 Å². The van der Waals surface area contributed by atoms with Crippen LogP contribution in [0.25, 0.3) is 0 Å². The fourth-order valence-corrected chi connectivity index (χ4v) is 2.94. The first-order valence-electron chi connectivity index (χ1n) is 4.36. The van der Waals surface area contributed by atoms with Crippen LogP contribution in [0.4, 0.5) is 0 Å². The van der Waals surface area contributed by atoms with Crippen LogP contribution in [0.1, 0.15) is 24.8 Å². The van der Waals surface area contributed by atoms with Gasteiger partial charge in [0.2, 0.25) is 0 Å². The number of nitrogens with one attached hydrogen (secondary N) is 1. The minimum Gasteiger partial charge on any atom is -0.308 e. The van der Waals surface area contributed by atoms with E-state index in [4.69, 9.17) is 0 Å². The molecule has 0 amide bonds. The number of aromatic nitrogens is 1. The fourth-order valence-electron chi connectivity index (χ4n) is 2.08. The van der Waals surface area contributed by atoms with Crippen LogP contribution in [0.15, 0.2) is 11.6 Å². The summed E-state index contributed by atoms with van der Waals surface area (Å²) in [6.45, 7) is 2.29. The molecule has 3 heteroatoms. The van der Waals surface area contributed by atoms with E-state index in [-0.39, 0.29) is 5.54 Å². The maximum absolute atomic E-state index is 4.37. The van der Waals surface area contributed by atoms with E-state index in [2.05, 4.69) is 22.6 Å². The summed E-state index contributed by atoms with van der Waals surface area (Å²) in [5.41, 5.74) is 0.216. The van der Waals surface area contributed by atoms with Gasteiger partial charge < -0.3 is 5.32 Å². The first kappa shape index (κ1) is 8.20. The van der Waals surface area contributed by atoms with Gasteiger partial charge in [-0.15, -0.1) is 11.3 Å². The SMILES string of the molecule is CNC1(c2nccs2)CC(C)C1. The third-order valence-electron chi connectivity index (χ3n) is 2.71. The Bertz CT molecular complexity index is 250. The van der Waals surface area contributed by atoms with E-state index >= 15 is 0 Å². The molecule has 0 saturated heterocycles. The monoisotopic (exact) mass is 182 g/mol. The van der Waals surface area contributed by atoms with Crippen LogP contribution in [0.3, 0.4) is 0 Å². The van der Waals surface area contributed by atoms with E-state index in [9.17, 15) is 0 Å². The third-order valence-corrected chi connectivity index (χ3v) is 3.69. The van der Waals surface area contributed by atoms with Crippen molar-refractivity contribution in [3.8, 4) is 0 Å². The van der Waals surface area contributed by atoms with Gasteiger partial charge in [-0.25, -0.2) is 4.98 Å². The Hall–Kier alpha value is -0.410. The number of hydrogen-bond acceptors (Lipinski definition) is 3. The van der Waals surface area contributed by atoms with E-state index in [0.717, 1.165) is 5.92 Å². The van der Waals surface area contributed by atoms with Crippen molar-refractivity contribution >= 4 is 11.3 Å². The maximum Gasteiger partial charge on any atom is 0.113 e. The zero-order chi connectivity index (χ0) is 8.60. The lowest BCUT2D eigenvalue weighted by atomic mass is 9.69. The van der Waals surface area contributed by atoms with Gasteiger partial charge in [0, 0.05) is 11.6 Å². The molecule has 1 aromatic rings. The summed E-state index contributed by atoms with van der Waals surface area (Å²) in [6, 6.07) is 0. The molecular weight excluding hydrogens is 168 g/mol. The molecule has 1 fully saturated rings. The fraction of sp³-hybridized carbons (Fsp3) is 0.667. The summed E-state index contributed by atoms with van der Waals surface area (Å²) in [4.78, 5) is 4.37. The molecule has 0 unspecified atom stereocenters. The summed E-state index contributed by atoms with van der Waals surface area (Å²) in [5, 5.41) is 6.70. The van der Waals surface area contributed by atoms with E-state index < -0.39 is 0 Å². The molecule has 1 heterocycles. The largest absolute Gasteiger partial charge is 0.308 e. The van der Waals surface area contributed by atoms with Crippen molar-refractivity contribution in [3.63, 3.8) is 0 Å². The van der Waals surface area contributed by atoms with Gasteiger partial charge >= 0.3 is 0 Å². The lowest BCUT2D eigenvalue weighted by Crippen LogP contribution is -2.50. The van der Waals surface area contributed by atoms with Gasteiger partial charge in [0.05, 0.1) is 5.54 Å². The second-order valence-corrected chi connectivity index (χ2v) is 4.58. The third kappa shape index (κ3) is 1.08. The van der Waals surface area contributed by atoms with Crippen LogP contribution in [0.2, 0.25) is 0 Å². The smallest absolute Gasteiger partial charge is 0.113 e. The summed E-state index contributed by atoms with van der Waals surface area (Å²) >= 11 is 1.76. The molecule has 0 bridgehead atoms. The van der Waals surface area contributed by atoms with E-state index in [1.807, 2.05) is 13.2 Å². The highest BCUT2D eigenvalue weighted by atomic mass is 32.1. The predicted molar refractivity (Wildman–Crippen MR) is 51.2 cm³/mol. The molecule has 1 aliphatic carbocycles. The molecule has 0 spiro atoms. The zero-order valence-electron chi connectivity index (χ0n) is 7.50. The topological polar surface area (TPSA) is 24.9 Å². The van der Waals surface area contributed by atoms with Crippen LogP contribution in [-0.2, 0) is 5.54 Å². The second kappa shape index (κ2) is 2.82. The maximum atomic E-state index is 4.37. The zero-order valence-corrected chi connectivity index (χ0v) is 8.32. The van der Waals surface area contributed by atoms with Crippen molar-refractivity contribution in [1.82, 2.24) is 10.3 Å². The van der Waals surface area contributed by atoms with E-state index in [0.29, 0.717) is 0 Å². The molecule has 1 aromatic heterocycles. The lowest BCUT2D eigenvalue weighted by molar-refractivity contribution is 0.124. The van der Waals surface area contributed by atoms with Crippen molar-refractivity contribution < 1.29 is 0 Å². The van der Waals surface area contributed by atoms with Crippen LogP contribution >= 0.6 is 11.3 Å². The number of nitrogens with zero attached hydrogens (tertiary/aromatic N) is 1. The molecule has 2 rings (SSSR count). The van der Waals surface area contributed by atoms with Gasteiger partial charge in [-0.1, -0.05) is 6.92 Å². The number of thiazole rings is 1. The van der Waals surface area contributed by atoms with Crippen molar-refractivity contribution in [2.24, 2.45) is 5.92 Å². The standard InChI is InChI=1S/C9H14N2S/c1-7-5-9(6-7,10-2)8-11-3-4-12-8/h3-4,7,10H,5-6H2,1-2H3. The Morgan fingerprint density at radius 2 is 2.42 bits per heavy atom. The molecule has 2 nitrogen and oxygen atoms in total. The Kier molecular flexibility index (Phi) is 1.93. The highest BCUT2D eigenvalue weighted by molar-refractivity contribution is 7.09. The Morgan fingerprint density at radius 3 is 2.83 bits per heavy atom. The number of hydrogen-bond donors (Lipinski definition) is 1. The summed E-state index contributed by atoms with van der Waals surface area (Å²) in [7, 11) is 2.04. The minimum atomic E-state index is 0.216. The van der Waals surface area contributed by atoms with E-state index in [1.165, 1.54) is 17.8 Å². The van der Waals surface area contributed by atoms with Crippen molar-refractivity contribution in [1.29, 1.82) is 0 Å². The quantitative estimate of drug-likeness (QED) is 0.756. The Labute approximate surface area is 77.0 Å². The summed E-state index contributed by atoms with van der Waals surface area (Å²) in [6.07, 6.45) is 4.36. The Morgan fingerprint density at radius 1 is 1.67 bits per heavy atom. The highest BCUT2D eigenvalue weighted by Gasteiger charge is 2.43. The molecule has 1 N–H and O–H groups in total. The molecule has 0 atom stereocenters. The first-order chi connectivity index (χ1) is 5.77. The van der Waals surface area contributed by atoms with Crippen molar-refractivity contribution in [3.05, 3.63) is 16.6 Å². The number of rotatable bonds is 2. The van der Waals surface area contributed by atoms with Gasteiger partial charge in [0.25, 0.3) is 0 Å². The van der Waals surface area contributed by atoms with Gasteiger partial charge in [-0.3, -0.25) is 0 Å². The van der Waals surface area contributed by atoms with Crippen LogP contribution in [-0.4, -0.2) is 12.0 Å². The highest BCUT2D eigenvalue weighted by Crippen LogP contribution is 2.45. The van der Waals surface area contributed by atoms with Gasteiger partial charge in [-0.2, -0.15) is 0 Å². The molecular formula is C9H14N2S. The second-order valence-electron chi connectivity index (χ2n) is 3.68. The molecule has 1 aliphatic rings. The van der Waals surface area contributed by atoms with Crippen molar-refractivity contribution in [2.75, 3.05) is 7.05 Å². The van der Waals surface area contributed by atoms with Crippen LogP contribution in [0, 0.1) is 5.92 Å². The normalized spacial score (nSPS) is 34.7. The molecule has 0 radical (unpaired) electrons. The minimum absolute atomic E-state index is 0.216. The van der Waals surface area contributed by atoms with Crippen LogP contribution < -0.4 is 5.32 Å². The molecule has 66 valence electrons. The molecule has 0 aromatic carbocycles. The predicted octanol–water partition coefficient (Wildman–Crippen LogP) is 1.99. The van der Waals surface area contributed by atoms with Gasteiger partial charge in [0.1, 0.15) is 5.01 Å². The van der Waals surface area contributed by atoms with Gasteiger partial charge in [-0.05, 0) is 25.8 Å². The van der Waals surface area contributed by atoms with E-state index in [1.54, 1.807) is 11.3 Å². The summed E-state index contributed by atoms with van der Waals surface area (Å²) in [5.74, 6) is 0.848. The summed E-state index contributed by atoms with van der Waals surface area (Å²) < 4.78 is 0.